The number of Topliss-reactive ketones (excluding diaryl/α,β-unsaturated/α-hetero) is 1. The second kappa shape index (κ2) is 10.9. The van der Waals surface area contributed by atoms with Gasteiger partial charge in [-0.1, -0.05) is 19.8 Å². The molecule has 0 unspecified atom stereocenters. The van der Waals surface area contributed by atoms with Gasteiger partial charge in [0.1, 0.15) is 12.4 Å². The standard InChI is InChI=1S/C24H27FN4OS/c1-4-12-28(24-26-11-14-31-24)13-7-6-8-21(30)17-29-20(5-2)16-23(27-29)19-9-10-22(25)18(3)15-19/h9-11,14-16H,4-5,7,12-13,17H2,1-3H3. The lowest BCUT2D eigenvalue weighted by molar-refractivity contribution is -0.114. The van der Waals surface area contributed by atoms with E-state index in [2.05, 4.69) is 33.7 Å². The lowest BCUT2D eigenvalue weighted by atomic mass is 10.1. The molecule has 0 saturated carbocycles. The minimum Gasteiger partial charge on any atom is -0.347 e. The number of aromatic nitrogens is 3. The fraction of sp³-hybridized carbons (Fsp3) is 0.375. The van der Waals surface area contributed by atoms with E-state index in [1.165, 1.54) is 6.07 Å². The van der Waals surface area contributed by atoms with Crippen molar-refractivity contribution >= 4 is 22.3 Å². The summed E-state index contributed by atoms with van der Waals surface area (Å²) in [5.41, 5.74) is 3.09. The number of hydrogen-bond acceptors (Lipinski definition) is 5. The lowest BCUT2D eigenvalue weighted by Gasteiger charge is -2.19. The molecule has 31 heavy (non-hydrogen) atoms. The van der Waals surface area contributed by atoms with Crippen LogP contribution in [-0.4, -0.2) is 33.6 Å². The highest BCUT2D eigenvalue weighted by atomic mass is 32.1. The molecule has 0 bridgehead atoms. The van der Waals surface area contributed by atoms with Crippen LogP contribution in [0.15, 0.2) is 35.8 Å². The first kappa shape index (κ1) is 22.7. The Hall–Kier alpha value is -2.98. The van der Waals surface area contributed by atoms with E-state index in [0.29, 0.717) is 12.0 Å². The Morgan fingerprint density at radius 3 is 2.77 bits per heavy atom. The molecule has 3 rings (SSSR count). The van der Waals surface area contributed by atoms with Crippen LogP contribution in [0.5, 0.6) is 0 Å². The van der Waals surface area contributed by atoms with Gasteiger partial charge in [0, 0.05) is 42.3 Å². The van der Waals surface area contributed by atoms with Gasteiger partial charge in [0.25, 0.3) is 0 Å². The summed E-state index contributed by atoms with van der Waals surface area (Å²) in [4.78, 5) is 19.0. The summed E-state index contributed by atoms with van der Waals surface area (Å²) in [6.07, 6.45) is 4.18. The van der Waals surface area contributed by atoms with Gasteiger partial charge in [0.05, 0.1) is 5.69 Å². The van der Waals surface area contributed by atoms with Crippen LogP contribution in [0.25, 0.3) is 11.3 Å². The highest BCUT2D eigenvalue weighted by molar-refractivity contribution is 7.13. The maximum absolute atomic E-state index is 13.6. The summed E-state index contributed by atoms with van der Waals surface area (Å²) in [7, 11) is 0. The number of anilines is 1. The lowest BCUT2D eigenvalue weighted by Crippen LogP contribution is -2.24. The number of nitrogens with zero attached hydrogens (tertiary/aromatic N) is 4. The third kappa shape index (κ3) is 6.02. The van der Waals surface area contributed by atoms with Crippen molar-refractivity contribution in [3.8, 4) is 23.1 Å². The predicted molar refractivity (Wildman–Crippen MR) is 124 cm³/mol. The minimum atomic E-state index is -0.239. The number of carbonyl (C=O) groups is 1. The average molecular weight is 439 g/mol. The summed E-state index contributed by atoms with van der Waals surface area (Å²) in [5, 5.41) is 7.52. The quantitative estimate of drug-likeness (QED) is 0.352. The molecule has 0 aliphatic rings. The van der Waals surface area contributed by atoms with Gasteiger partial charge < -0.3 is 4.90 Å². The van der Waals surface area contributed by atoms with Crippen molar-refractivity contribution in [1.29, 1.82) is 0 Å². The Morgan fingerprint density at radius 1 is 1.26 bits per heavy atom. The molecule has 0 atom stereocenters. The van der Waals surface area contributed by atoms with Gasteiger partial charge in [0.2, 0.25) is 5.78 Å². The summed E-state index contributed by atoms with van der Waals surface area (Å²) >= 11 is 1.61. The number of aryl methyl sites for hydroxylation is 2. The van der Waals surface area contributed by atoms with Crippen molar-refractivity contribution < 1.29 is 9.18 Å². The number of hydrogen-bond donors (Lipinski definition) is 0. The van der Waals surface area contributed by atoms with Crippen molar-refractivity contribution in [3.63, 3.8) is 0 Å². The first-order chi connectivity index (χ1) is 15.0. The molecule has 7 heteroatoms. The molecule has 5 nitrogen and oxygen atoms in total. The second-order valence-electron chi connectivity index (χ2n) is 7.27. The van der Waals surface area contributed by atoms with E-state index >= 15 is 0 Å². The molecule has 0 aliphatic carbocycles. The Bertz CT molecular complexity index is 1080. The van der Waals surface area contributed by atoms with Gasteiger partial charge in [-0.15, -0.1) is 11.3 Å². The van der Waals surface area contributed by atoms with Crippen LogP contribution in [0.4, 0.5) is 9.52 Å². The summed E-state index contributed by atoms with van der Waals surface area (Å²) in [6.45, 7) is 7.66. The van der Waals surface area contributed by atoms with Gasteiger partial charge in [0.15, 0.2) is 5.13 Å². The predicted octanol–water partition coefficient (Wildman–Crippen LogP) is 4.90. The Morgan fingerprint density at radius 2 is 2.10 bits per heavy atom. The largest absolute Gasteiger partial charge is 0.347 e. The zero-order valence-corrected chi connectivity index (χ0v) is 19.0. The molecule has 2 aromatic heterocycles. The molecular weight excluding hydrogens is 411 g/mol. The zero-order chi connectivity index (χ0) is 22.2. The fourth-order valence-electron chi connectivity index (χ4n) is 3.29. The van der Waals surface area contributed by atoms with Gasteiger partial charge in [-0.05, 0) is 55.5 Å². The third-order valence-corrected chi connectivity index (χ3v) is 5.72. The normalized spacial score (nSPS) is 10.6. The van der Waals surface area contributed by atoms with Crippen LogP contribution in [0.3, 0.4) is 0 Å². The zero-order valence-electron chi connectivity index (χ0n) is 18.2. The molecule has 0 fully saturated rings. The number of rotatable bonds is 9. The maximum atomic E-state index is 13.6. The van der Waals surface area contributed by atoms with Gasteiger partial charge >= 0.3 is 0 Å². The molecule has 3 aromatic rings. The van der Waals surface area contributed by atoms with Crippen molar-refractivity contribution in [2.75, 3.05) is 18.0 Å². The minimum absolute atomic E-state index is 0.113. The highest BCUT2D eigenvalue weighted by Gasteiger charge is 2.12. The molecule has 0 aliphatic heterocycles. The maximum Gasteiger partial charge on any atom is 0.226 e. The molecular formula is C24H27FN4OS. The molecule has 0 saturated heterocycles. The van der Waals surface area contributed by atoms with E-state index in [4.69, 9.17) is 0 Å². The molecule has 2 heterocycles. The monoisotopic (exact) mass is 438 g/mol. The first-order valence-corrected chi connectivity index (χ1v) is 11.4. The summed E-state index contributed by atoms with van der Waals surface area (Å²) < 4.78 is 15.3. The Balaban J connectivity index is 1.63. The van der Waals surface area contributed by atoms with Crippen LogP contribution in [0.1, 0.15) is 37.9 Å². The van der Waals surface area contributed by atoms with Crippen LogP contribution in [0, 0.1) is 24.6 Å². The Labute approximate surface area is 186 Å². The van der Waals surface area contributed by atoms with Crippen molar-refractivity contribution in [2.45, 2.75) is 46.6 Å². The number of carbonyl (C=O) groups excluding carboxylic acids is 1. The molecule has 162 valence electrons. The van der Waals surface area contributed by atoms with Crippen LogP contribution in [-0.2, 0) is 17.8 Å². The number of halogens is 1. The Kier molecular flexibility index (Phi) is 7.96. The second-order valence-corrected chi connectivity index (χ2v) is 8.15. The summed E-state index contributed by atoms with van der Waals surface area (Å²) in [5.74, 6) is 5.34. The van der Waals surface area contributed by atoms with E-state index < -0.39 is 0 Å². The number of ketones is 1. The molecule has 0 amide bonds. The number of thiazole rings is 1. The molecule has 1 aromatic carbocycles. The van der Waals surface area contributed by atoms with E-state index in [-0.39, 0.29) is 18.1 Å². The number of benzene rings is 1. The van der Waals surface area contributed by atoms with E-state index in [1.54, 1.807) is 41.3 Å². The van der Waals surface area contributed by atoms with Gasteiger partial charge in [-0.25, -0.2) is 9.37 Å². The molecule has 0 spiro atoms. The van der Waals surface area contributed by atoms with E-state index in [9.17, 15) is 9.18 Å². The van der Waals surface area contributed by atoms with Crippen LogP contribution < -0.4 is 4.90 Å². The van der Waals surface area contributed by atoms with Crippen molar-refractivity contribution in [2.24, 2.45) is 0 Å². The van der Waals surface area contributed by atoms with E-state index in [0.717, 1.165) is 48.0 Å². The first-order valence-electron chi connectivity index (χ1n) is 10.5. The summed E-state index contributed by atoms with van der Waals surface area (Å²) in [6, 6.07) is 6.87. The average Bonchev–Trinajstić information content (AvgIpc) is 3.42. The van der Waals surface area contributed by atoms with Crippen LogP contribution in [0.2, 0.25) is 0 Å². The smallest absolute Gasteiger partial charge is 0.226 e. The van der Waals surface area contributed by atoms with Crippen molar-refractivity contribution in [1.82, 2.24) is 14.8 Å². The SMILES string of the molecule is CCCN(CCC#CC(=O)Cn1nc(-c2ccc(F)c(C)c2)cc1CC)c1nccs1. The highest BCUT2D eigenvalue weighted by Crippen LogP contribution is 2.22. The topological polar surface area (TPSA) is 51.0 Å². The van der Waals surface area contributed by atoms with Gasteiger partial charge in [-0.3, -0.25) is 9.48 Å². The molecule has 0 radical (unpaired) electrons. The van der Waals surface area contributed by atoms with Crippen molar-refractivity contribution in [3.05, 3.63) is 52.9 Å². The third-order valence-electron chi connectivity index (χ3n) is 4.89. The van der Waals surface area contributed by atoms with E-state index in [1.807, 2.05) is 18.4 Å². The van der Waals surface area contributed by atoms with Crippen LogP contribution >= 0.6 is 11.3 Å². The van der Waals surface area contributed by atoms with Gasteiger partial charge in [-0.2, -0.15) is 5.10 Å². The fourth-order valence-corrected chi connectivity index (χ4v) is 3.99. The molecule has 0 N–H and O–H groups in total.